The summed E-state index contributed by atoms with van der Waals surface area (Å²) in [6.07, 6.45) is 1.31. The van der Waals surface area contributed by atoms with Crippen LogP contribution in [0.5, 0.6) is 0 Å². The first-order chi connectivity index (χ1) is 9.02. The van der Waals surface area contributed by atoms with E-state index in [9.17, 15) is 14.4 Å². The third-order valence-corrected chi connectivity index (χ3v) is 3.50. The van der Waals surface area contributed by atoms with Crippen molar-refractivity contribution in [3.05, 3.63) is 26.9 Å². The van der Waals surface area contributed by atoms with Gasteiger partial charge in [0, 0.05) is 26.2 Å². The fraction of sp³-hybridized carbons (Fsp3) is 0.583. The van der Waals surface area contributed by atoms with Gasteiger partial charge in [-0.2, -0.15) is 0 Å². The first-order valence-corrected chi connectivity index (χ1v) is 6.16. The number of methoxy groups -OCH3 is 1. The standard InChI is InChI=1S/C12H17N3O4/c1-14-10(16)7-9(13-12(14)18)15-5-3-8(4-6-15)11(17)19-2/h7-8H,3-6H2,1-2H3,(H,13,18). The van der Waals surface area contributed by atoms with Gasteiger partial charge in [-0.3, -0.25) is 19.1 Å². The van der Waals surface area contributed by atoms with E-state index in [1.807, 2.05) is 4.90 Å². The quantitative estimate of drug-likeness (QED) is 0.728. The fourth-order valence-corrected chi connectivity index (χ4v) is 2.24. The molecule has 104 valence electrons. The van der Waals surface area contributed by atoms with Gasteiger partial charge >= 0.3 is 11.7 Å². The van der Waals surface area contributed by atoms with Crippen LogP contribution >= 0.6 is 0 Å². The molecule has 0 atom stereocenters. The summed E-state index contributed by atoms with van der Waals surface area (Å²) in [5, 5.41) is 0. The normalized spacial score (nSPS) is 16.4. The highest BCUT2D eigenvalue weighted by atomic mass is 16.5. The third kappa shape index (κ3) is 2.69. The lowest BCUT2D eigenvalue weighted by Gasteiger charge is -2.31. The Labute approximate surface area is 109 Å². The molecule has 7 nitrogen and oxygen atoms in total. The van der Waals surface area contributed by atoms with Gasteiger partial charge < -0.3 is 9.64 Å². The predicted octanol–water partition coefficient (Wildman–Crippen LogP) is -0.537. The smallest absolute Gasteiger partial charge is 0.329 e. The van der Waals surface area contributed by atoms with Crippen LogP contribution in [0.2, 0.25) is 0 Å². The number of esters is 1. The zero-order valence-corrected chi connectivity index (χ0v) is 11.0. The molecule has 0 spiro atoms. The number of hydrogen-bond donors (Lipinski definition) is 1. The first-order valence-electron chi connectivity index (χ1n) is 6.16. The molecule has 0 bridgehead atoms. The molecule has 0 amide bonds. The first kappa shape index (κ1) is 13.4. The monoisotopic (exact) mass is 267 g/mol. The summed E-state index contributed by atoms with van der Waals surface area (Å²) in [5.41, 5.74) is -0.772. The molecule has 7 heteroatoms. The number of carbonyl (C=O) groups excluding carboxylic acids is 1. The van der Waals surface area contributed by atoms with Gasteiger partial charge in [-0.1, -0.05) is 0 Å². The molecule has 0 aromatic carbocycles. The number of aromatic amines is 1. The molecule has 1 aliphatic heterocycles. The molecule has 0 radical (unpaired) electrons. The van der Waals surface area contributed by atoms with Gasteiger partial charge in [-0.15, -0.1) is 0 Å². The van der Waals surface area contributed by atoms with E-state index in [0.29, 0.717) is 31.7 Å². The van der Waals surface area contributed by atoms with Crippen molar-refractivity contribution >= 4 is 11.8 Å². The van der Waals surface area contributed by atoms with Gasteiger partial charge in [0.05, 0.1) is 13.0 Å². The number of H-pyrrole nitrogens is 1. The van der Waals surface area contributed by atoms with Crippen LogP contribution in [0.4, 0.5) is 5.82 Å². The molecular weight excluding hydrogens is 250 g/mol. The summed E-state index contributed by atoms with van der Waals surface area (Å²) in [6.45, 7) is 1.23. The Morgan fingerprint density at radius 2 is 2.00 bits per heavy atom. The van der Waals surface area contributed by atoms with Gasteiger partial charge in [-0.25, -0.2) is 4.79 Å². The molecule has 2 rings (SSSR count). The van der Waals surface area contributed by atoms with Crippen molar-refractivity contribution in [2.75, 3.05) is 25.1 Å². The summed E-state index contributed by atoms with van der Waals surface area (Å²) >= 11 is 0. The van der Waals surface area contributed by atoms with Crippen LogP contribution in [0.3, 0.4) is 0 Å². The number of hydrogen-bond acceptors (Lipinski definition) is 5. The zero-order valence-electron chi connectivity index (χ0n) is 11.0. The lowest BCUT2D eigenvalue weighted by molar-refractivity contribution is -0.146. The molecule has 1 aromatic heterocycles. The molecule has 19 heavy (non-hydrogen) atoms. The molecule has 1 fully saturated rings. The minimum Gasteiger partial charge on any atom is -0.469 e. The summed E-state index contributed by atoms with van der Waals surface area (Å²) in [5.74, 6) is 0.216. The number of nitrogens with one attached hydrogen (secondary N) is 1. The van der Waals surface area contributed by atoms with Gasteiger partial charge in [-0.05, 0) is 12.8 Å². The van der Waals surface area contributed by atoms with E-state index in [1.54, 1.807) is 0 Å². The Hall–Kier alpha value is -2.05. The third-order valence-electron chi connectivity index (χ3n) is 3.50. The maximum Gasteiger partial charge on any atom is 0.329 e. The summed E-state index contributed by atoms with van der Waals surface area (Å²) in [6, 6.07) is 1.40. The van der Waals surface area contributed by atoms with E-state index in [-0.39, 0.29) is 17.4 Å². The number of piperidine rings is 1. The van der Waals surface area contributed by atoms with E-state index in [1.165, 1.54) is 20.2 Å². The van der Waals surface area contributed by atoms with Crippen LogP contribution in [0.25, 0.3) is 0 Å². The van der Waals surface area contributed by atoms with Crippen LogP contribution < -0.4 is 16.1 Å². The molecule has 2 heterocycles. The average molecular weight is 267 g/mol. The van der Waals surface area contributed by atoms with Gasteiger partial charge in [0.25, 0.3) is 5.56 Å². The lowest BCUT2D eigenvalue weighted by Crippen LogP contribution is -2.40. The second kappa shape index (κ2) is 5.29. The topological polar surface area (TPSA) is 84.4 Å². The van der Waals surface area contributed by atoms with Crippen molar-refractivity contribution in [2.24, 2.45) is 13.0 Å². The van der Waals surface area contributed by atoms with E-state index in [4.69, 9.17) is 4.74 Å². The maximum atomic E-state index is 11.6. The molecule has 1 aliphatic rings. The van der Waals surface area contributed by atoms with Crippen molar-refractivity contribution in [1.29, 1.82) is 0 Å². The van der Waals surface area contributed by atoms with Crippen LogP contribution in [0.15, 0.2) is 15.7 Å². The van der Waals surface area contributed by atoms with Crippen molar-refractivity contribution in [1.82, 2.24) is 9.55 Å². The highest BCUT2D eigenvalue weighted by Crippen LogP contribution is 2.21. The van der Waals surface area contributed by atoms with Gasteiger partial charge in [0.2, 0.25) is 0 Å². The van der Waals surface area contributed by atoms with Crippen LogP contribution in [0, 0.1) is 5.92 Å². The minimum atomic E-state index is -0.433. The molecule has 0 unspecified atom stereocenters. The molecule has 1 N–H and O–H groups in total. The minimum absolute atomic E-state index is 0.0977. The highest BCUT2D eigenvalue weighted by Gasteiger charge is 2.26. The summed E-state index contributed by atoms with van der Waals surface area (Å²) in [4.78, 5) is 39.1. The highest BCUT2D eigenvalue weighted by molar-refractivity contribution is 5.72. The Balaban J connectivity index is 2.12. The number of aromatic nitrogens is 2. The molecule has 0 aliphatic carbocycles. The Bertz CT molecular complexity index is 550. The van der Waals surface area contributed by atoms with E-state index in [0.717, 1.165) is 4.57 Å². The number of carbonyl (C=O) groups is 1. The average Bonchev–Trinajstić information content (AvgIpc) is 2.43. The van der Waals surface area contributed by atoms with Crippen LogP contribution in [0.1, 0.15) is 12.8 Å². The predicted molar refractivity (Wildman–Crippen MR) is 69.3 cm³/mol. The second-order valence-corrected chi connectivity index (χ2v) is 4.64. The van der Waals surface area contributed by atoms with Gasteiger partial charge in [0.1, 0.15) is 5.82 Å². The number of ether oxygens (including phenoxy) is 1. The van der Waals surface area contributed by atoms with Crippen molar-refractivity contribution in [3.8, 4) is 0 Å². The van der Waals surface area contributed by atoms with Crippen LogP contribution in [-0.4, -0.2) is 35.7 Å². The maximum absolute atomic E-state index is 11.6. The summed E-state index contributed by atoms with van der Waals surface area (Å²) in [7, 11) is 2.81. The van der Waals surface area contributed by atoms with Gasteiger partial charge in [0.15, 0.2) is 0 Å². The Morgan fingerprint density at radius 1 is 1.37 bits per heavy atom. The second-order valence-electron chi connectivity index (χ2n) is 4.64. The Kier molecular flexibility index (Phi) is 3.73. The molecule has 1 aromatic rings. The van der Waals surface area contributed by atoms with E-state index >= 15 is 0 Å². The fourth-order valence-electron chi connectivity index (χ4n) is 2.24. The Morgan fingerprint density at radius 3 is 2.53 bits per heavy atom. The summed E-state index contributed by atoms with van der Waals surface area (Å²) < 4.78 is 5.73. The largest absolute Gasteiger partial charge is 0.469 e. The SMILES string of the molecule is COC(=O)C1CCN(c2cc(=O)n(C)c(=O)[nH]2)CC1. The number of nitrogens with zero attached hydrogens (tertiary/aromatic N) is 2. The van der Waals surface area contributed by atoms with Crippen molar-refractivity contribution in [3.63, 3.8) is 0 Å². The van der Waals surface area contributed by atoms with Crippen molar-refractivity contribution < 1.29 is 9.53 Å². The van der Waals surface area contributed by atoms with E-state index < -0.39 is 5.69 Å². The van der Waals surface area contributed by atoms with E-state index in [2.05, 4.69) is 4.98 Å². The molecular formula is C12H17N3O4. The molecule has 1 saturated heterocycles. The lowest BCUT2D eigenvalue weighted by atomic mass is 9.97. The van der Waals surface area contributed by atoms with Crippen LogP contribution in [-0.2, 0) is 16.6 Å². The number of rotatable bonds is 2. The van der Waals surface area contributed by atoms with Crippen molar-refractivity contribution in [2.45, 2.75) is 12.8 Å². The number of anilines is 1. The molecule has 0 saturated carbocycles. The zero-order chi connectivity index (χ0) is 14.0.